The van der Waals surface area contributed by atoms with Gasteiger partial charge in [0.1, 0.15) is 5.75 Å². The van der Waals surface area contributed by atoms with Crippen LogP contribution in [0, 0.1) is 0 Å². The van der Waals surface area contributed by atoms with Crippen molar-refractivity contribution in [3.8, 4) is 17.1 Å². The van der Waals surface area contributed by atoms with E-state index in [-0.39, 0.29) is 11.7 Å². The van der Waals surface area contributed by atoms with Crippen molar-refractivity contribution >= 4 is 46.6 Å². The summed E-state index contributed by atoms with van der Waals surface area (Å²) in [5, 5.41) is 14.2. The van der Waals surface area contributed by atoms with Crippen LogP contribution in [0.2, 0.25) is 10.0 Å². The Morgan fingerprint density at radius 1 is 1.16 bits per heavy atom. The molecule has 10 heteroatoms. The Labute approximate surface area is 194 Å². The lowest BCUT2D eigenvalue weighted by molar-refractivity contribution is -0.118. The molecular formula is C21H21Cl2N5O2S. The van der Waals surface area contributed by atoms with Crippen molar-refractivity contribution in [1.82, 2.24) is 20.2 Å². The molecular weight excluding hydrogens is 457 g/mol. The first kappa shape index (κ1) is 23.1. The minimum absolute atomic E-state index is 0.152. The van der Waals surface area contributed by atoms with Crippen LogP contribution in [0.4, 0.5) is 0 Å². The lowest BCUT2D eigenvalue weighted by Gasteiger charge is -2.08. The number of aromatic nitrogens is 3. The zero-order valence-electron chi connectivity index (χ0n) is 17.2. The van der Waals surface area contributed by atoms with Crippen molar-refractivity contribution in [2.75, 3.05) is 12.9 Å². The van der Waals surface area contributed by atoms with Crippen LogP contribution in [0.25, 0.3) is 11.4 Å². The quantitative estimate of drug-likeness (QED) is 0.283. The number of nitrogens with zero attached hydrogens (tertiary/aromatic N) is 4. The fourth-order valence-electron chi connectivity index (χ4n) is 2.73. The molecule has 0 atom stereocenters. The van der Waals surface area contributed by atoms with E-state index in [0.29, 0.717) is 27.5 Å². The number of ether oxygens (including phenoxy) is 1. The monoisotopic (exact) mass is 477 g/mol. The molecule has 0 saturated carbocycles. The summed E-state index contributed by atoms with van der Waals surface area (Å²) in [7, 11) is 1.62. The molecule has 3 rings (SSSR count). The second kappa shape index (κ2) is 10.7. The minimum atomic E-state index is -0.249. The third-order valence-electron chi connectivity index (χ3n) is 4.40. The van der Waals surface area contributed by atoms with Crippen LogP contribution in [0.1, 0.15) is 19.4 Å². The number of amides is 1. The van der Waals surface area contributed by atoms with Crippen LogP contribution in [0.15, 0.2) is 52.7 Å². The molecule has 0 aliphatic carbocycles. The van der Waals surface area contributed by atoms with Gasteiger partial charge in [0.15, 0.2) is 11.0 Å². The van der Waals surface area contributed by atoms with Crippen LogP contribution < -0.4 is 10.2 Å². The van der Waals surface area contributed by atoms with E-state index in [0.717, 1.165) is 22.7 Å². The summed E-state index contributed by atoms with van der Waals surface area (Å²) in [6.07, 6.45) is 0. The van der Waals surface area contributed by atoms with Gasteiger partial charge in [-0.05, 0) is 55.8 Å². The van der Waals surface area contributed by atoms with E-state index in [4.69, 9.17) is 27.9 Å². The van der Waals surface area contributed by atoms with Gasteiger partial charge in [0.05, 0.1) is 28.6 Å². The van der Waals surface area contributed by atoms with E-state index < -0.39 is 0 Å². The second-order valence-corrected chi connectivity index (χ2v) is 8.19. The van der Waals surface area contributed by atoms with Crippen molar-refractivity contribution in [3.05, 3.63) is 58.1 Å². The van der Waals surface area contributed by atoms with Crippen molar-refractivity contribution < 1.29 is 9.53 Å². The first-order valence-corrected chi connectivity index (χ1v) is 11.2. The summed E-state index contributed by atoms with van der Waals surface area (Å²) in [5.41, 5.74) is 4.87. The molecule has 0 spiro atoms. The molecule has 0 aliphatic heterocycles. The topological polar surface area (TPSA) is 81.4 Å². The van der Waals surface area contributed by atoms with E-state index in [1.807, 2.05) is 35.8 Å². The molecule has 0 fully saturated rings. The van der Waals surface area contributed by atoms with Gasteiger partial charge in [-0.15, -0.1) is 10.2 Å². The Morgan fingerprint density at radius 3 is 2.55 bits per heavy atom. The van der Waals surface area contributed by atoms with Gasteiger partial charge in [-0.25, -0.2) is 5.43 Å². The SMILES string of the molecule is CCn1c(SCC(=O)N/N=C(/C)c2ccc(Cl)c(Cl)c2)nnc1-c1ccc(OC)cc1. The third kappa shape index (κ3) is 5.78. The predicted molar refractivity (Wildman–Crippen MR) is 125 cm³/mol. The van der Waals surface area contributed by atoms with Crippen LogP contribution in [0.3, 0.4) is 0 Å². The van der Waals surface area contributed by atoms with Gasteiger partial charge in [-0.3, -0.25) is 4.79 Å². The summed E-state index contributed by atoms with van der Waals surface area (Å²) < 4.78 is 7.16. The highest BCUT2D eigenvalue weighted by molar-refractivity contribution is 7.99. The van der Waals surface area contributed by atoms with Crippen LogP contribution in [-0.2, 0) is 11.3 Å². The smallest absolute Gasteiger partial charge is 0.250 e. The van der Waals surface area contributed by atoms with E-state index in [9.17, 15) is 4.79 Å². The standard InChI is InChI=1S/C21H21Cl2N5O2S/c1-4-28-20(14-5-8-16(30-3)9-6-14)26-27-21(28)31-12-19(29)25-24-13(2)15-7-10-17(22)18(23)11-15/h5-11H,4,12H2,1-3H3,(H,25,29)/b24-13-. The van der Waals surface area contributed by atoms with Crippen LogP contribution >= 0.6 is 35.0 Å². The molecule has 0 aliphatic rings. The number of nitrogens with one attached hydrogen (secondary N) is 1. The Balaban J connectivity index is 1.63. The summed E-state index contributed by atoms with van der Waals surface area (Å²) in [5.74, 6) is 1.41. The Morgan fingerprint density at radius 2 is 1.90 bits per heavy atom. The highest BCUT2D eigenvalue weighted by Crippen LogP contribution is 2.26. The molecule has 31 heavy (non-hydrogen) atoms. The molecule has 0 radical (unpaired) electrons. The zero-order valence-corrected chi connectivity index (χ0v) is 19.6. The number of methoxy groups -OCH3 is 1. The molecule has 2 aromatic carbocycles. The van der Waals surface area contributed by atoms with E-state index in [1.165, 1.54) is 11.8 Å². The number of carbonyl (C=O) groups excluding carboxylic acids is 1. The largest absolute Gasteiger partial charge is 0.497 e. The molecule has 1 aromatic heterocycles. The predicted octanol–water partition coefficient (Wildman–Crippen LogP) is 4.91. The highest BCUT2D eigenvalue weighted by atomic mass is 35.5. The lowest BCUT2D eigenvalue weighted by atomic mass is 10.1. The van der Waals surface area contributed by atoms with E-state index >= 15 is 0 Å². The van der Waals surface area contributed by atoms with Crippen LogP contribution in [-0.4, -0.2) is 39.2 Å². The second-order valence-electron chi connectivity index (χ2n) is 6.43. The average molecular weight is 478 g/mol. The van der Waals surface area contributed by atoms with Crippen LogP contribution in [0.5, 0.6) is 5.75 Å². The number of carbonyl (C=O) groups is 1. The Bertz CT molecular complexity index is 1100. The molecule has 1 amide bonds. The molecule has 162 valence electrons. The molecule has 0 unspecified atom stereocenters. The van der Waals surface area contributed by atoms with Gasteiger partial charge in [-0.2, -0.15) is 5.10 Å². The Kier molecular flexibility index (Phi) is 7.95. The number of halogens is 2. The lowest BCUT2D eigenvalue weighted by Crippen LogP contribution is -2.21. The summed E-state index contributed by atoms with van der Waals surface area (Å²) in [6, 6.07) is 12.8. The van der Waals surface area contributed by atoms with Crippen molar-refractivity contribution in [2.45, 2.75) is 25.5 Å². The highest BCUT2D eigenvalue weighted by Gasteiger charge is 2.15. The summed E-state index contributed by atoms with van der Waals surface area (Å²) in [6.45, 7) is 4.46. The maximum atomic E-state index is 12.3. The maximum Gasteiger partial charge on any atom is 0.250 e. The van der Waals surface area contributed by atoms with Gasteiger partial charge in [-0.1, -0.05) is 41.0 Å². The molecule has 3 aromatic rings. The maximum absolute atomic E-state index is 12.3. The first-order chi connectivity index (χ1) is 14.9. The van der Waals surface area contributed by atoms with E-state index in [1.54, 1.807) is 32.2 Å². The fourth-order valence-corrected chi connectivity index (χ4v) is 3.82. The van der Waals surface area contributed by atoms with Crippen molar-refractivity contribution in [2.24, 2.45) is 5.10 Å². The van der Waals surface area contributed by atoms with E-state index in [2.05, 4.69) is 20.7 Å². The average Bonchev–Trinajstić information content (AvgIpc) is 3.20. The van der Waals surface area contributed by atoms with Gasteiger partial charge < -0.3 is 9.30 Å². The number of hydrogen-bond donors (Lipinski definition) is 1. The van der Waals surface area contributed by atoms with Crippen molar-refractivity contribution in [3.63, 3.8) is 0 Å². The number of hydrogen-bond acceptors (Lipinski definition) is 6. The zero-order chi connectivity index (χ0) is 22.4. The van der Waals surface area contributed by atoms with Gasteiger partial charge in [0, 0.05) is 12.1 Å². The molecule has 7 nitrogen and oxygen atoms in total. The normalized spacial score (nSPS) is 11.5. The van der Waals surface area contributed by atoms with Crippen molar-refractivity contribution in [1.29, 1.82) is 0 Å². The fraction of sp³-hybridized carbons (Fsp3) is 0.238. The van der Waals surface area contributed by atoms with Gasteiger partial charge in [0.2, 0.25) is 0 Å². The summed E-state index contributed by atoms with van der Waals surface area (Å²) >= 11 is 13.3. The summed E-state index contributed by atoms with van der Waals surface area (Å²) in [4.78, 5) is 12.3. The van der Waals surface area contributed by atoms with Gasteiger partial charge in [0.25, 0.3) is 5.91 Å². The number of hydrazone groups is 1. The first-order valence-electron chi connectivity index (χ1n) is 9.42. The third-order valence-corrected chi connectivity index (χ3v) is 6.11. The number of thioether (sulfide) groups is 1. The molecule has 0 bridgehead atoms. The minimum Gasteiger partial charge on any atom is -0.497 e. The van der Waals surface area contributed by atoms with Gasteiger partial charge >= 0.3 is 0 Å². The number of rotatable bonds is 8. The molecule has 1 heterocycles. The molecule has 0 saturated heterocycles. The molecule has 1 N–H and O–H groups in total. The number of benzene rings is 2. The Hall–Kier alpha value is -2.55.